The summed E-state index contributed by atoms with van der Waals surface area (Å²) in [6.07, 6.45) is -1.16. The van der Waals surface area contributed by atoms with Crippen LogP contribution in [0.2, 0.25) is 0 Å². The van der Waals surface area contributed by atoms with E-state index in [0.29, 0.717) is 5.82 Å². The first-order valence-corrected chi connectivity index (χ1v) is 8.51. The molecule has 0 aromatic carbocycles. The number of ether oxygens (including phenoxy) is 3. The summed E-state index contributed by atoms with van der Waals surface area (Å²) in [7, 11) is -3.04. The van der Waals surface area contributed by atoms with Crippen LogP contribution in [-0.2, 0) is 18.8 Å². The van der Waals surface area contributed by atoms with E-state index in [1.54, 1.807) is 0 Å². The average molecular weight is 363 g/mol. The van der Waals surface area contributed by atoms with Gasteiger partial charge >= 0.3 is 13.3 Å². The summed E-state index contributed by atoms with van der Waals surface area (Å²) in [6.45, 7) is -0.193. The molecule has 11 nitrogen and oxygen atoms in total. The third kappa shape index (κ3) is 4.28. The van der Waals surface area contributed by atoms with E-state index >= 15 is 0 Å². The molecule has 1 aromatic heterocycles. The maximum atomic E-state index is 11.9. The number of aromatic amines is 1. The van der Waals surface area contributed by atoms with E-state index in [-0.39, 0.29) is 6.73 Å². The van der Waals surface area contributed by atoms with E-state index in [0.717, 1.165) is 16.7 Å². The van der Waals surface area contributed by atoms with Crippen molar-refractivity contribution in [1.29, 1.82) is 0 Å². The van der Waals surface area contributed by atoms with Crippen LogP contribution in [0.25, 0.3) is 0 Å². The standard InChI is InChI=1S/C12H18N3O8P/c1-21-10-9(22-6-13)7(3-5-24(18,19)20)23-11(10)15-4-2-8(16)14-12(15)17/h2-5,7,9-11H,6,13H2,1H3,(H,14,16,17)(H2,18,19,20)/b5-3+/t7-,9?,10?,11-/m1/s1. The van der Waals surface area contributed by atoms with Crippen molar-refractivity contribution in [2.24, 2.45) is 5.73 Å². The topological polar surface area (TPSA) is 166 Å². The molecule has 0 aliphatic carbocycles. The third-order valence-corrected chi connectivity index (χ3v) is 3.94. The van der Waals surface area contributed by atoms with Crippen molar-refractivity contribution in [1.82, 2.24) is 9.55 Å². The minimum absolute atomic E-state index is 0.193. The van der Waals surface area contributed by atoms with E-state index in [1.165, 1.54) is 13.3 Å². The molecule has 0 radical (unpaired) electrons. The predicted molar refractivity (Wildman–Crippen MR) is 81.1 cm³/mol. The van der Waals surface area contributed by atoms with Gasteiger partial charge in [0.05, 0.1) is 6.73 Å². The van der Waals surface area contributed by atoms with Crippen molar-refractivity contribution >= 4 is 7.60 Å². The molecule has 2 heterocycles. The van der Waals surface area contributed by atoms with Gasteiger partial charge in [-0.05, 0) is 6.08 Å². The highest BCUT2D eigenvalue weighted by molar-refractivity contribution is 7.55. The highest BCUT2D eigenvalue weighted by atomic mass is 31.2. The maximum absolute atomic E-state index is 11.9. The first-order chi connectivity index (χ1) is 11.3. The lowest BCUT2D eigenvalue weighted by atomic mass is 10.1. The molecule has 1 saturated heterocycles. The second-order valence-corrected chi connectivity index (χ2v) is 6.41. The first kappa shape index (κ1) is 18.7. The summed E-state index contributed by atoms with van der Waals surface area (Å²) in [5.74, 6) is 0.676. The average Bonchev–Trinajstić information content (AvgIpc) is 2.82. The summed E-state index contributed by atoms with van der Waals surface area (Å²) in [6, 6.07) is 1.13. The molecule has 24 heavy (non-hydrogen) atoms. The fourth-order valence-electron chi connectivity index (χ4n) is 2.42. The summed E-state index contributed by atoms with van der Waals surface area (Å²) in [5.41, 5.74) is 4.08. The number of hydrogen-bond acceptors (Lipinski definition) is 7. The van der Waals surface area contributed by atoms with Gasteiger partial charge in [-0.3, -0.25) is 18.9 Å². The Labute approximate surface area is 135 Å². The van der Waals surface area contributed by atoms with Crippen LogP contribution < -0.4 is 17.0 Å². The van der Waals surface area contributed by atoms with Crippen LogP contribution in [-0.4, -0.2) is 51.5 Å². The number of aromatic nitrogens is 2. The van der Waals surface area contributed by atoms with Gasteiger partial charge in [0.15, 0.2) is 6.23 Å². The predicted octanol–water partition coefficient (Wildman–Crippen LogP) is -1.56. The Bertz CT molecular complexity index is 753. The van der Waals surface area contributed by atoms with Crippen molar-refractivity contribution < 1.29 is 28.6 Å². The van der Waals surface area contributed by atoms with E-state index in [2.05, 4.69) is 4.98 Å². The number of H-pyrrole nitrogens is 1. The molecule has 1 aromatic rings. The normalized spacial score (nSPS) is 27.8. The van der Waals surface area contributed by atoms with E-state index in [1.807, 2.05) is 0 Å². The summed E-state index contributed by atoms with van der Waals surface area (Å²) < 4.78 is 28.4. The zero-order chi connectivity index (χ0) is 17.9. The van der Waals surface area contributed by atoms with Gasteiger partial charge in [0.1, 0.15) is 18.3 Å². The number of nitrogens with zero attached hydrogens (tertiary/aromatic N) is 1. The number of hydrogen-bond donors (Lipinski definition) is 4. The van der Waals surface area contributed by atoms with Gasteiger partial charge in [0, 0.05) is 25.2 Å². The Kier molecular flexibility index (Phi) is 5.88. The van der Waals surface area contributed by atoms with Crippen LogP contribution in [0, 0.1) is 0 Å². The number of nitrogens with two attached hydrogens (primary N) is 1. The molecule has 0 bridgehead atoms. The van der Waals surface area contributed by atoms with Crippen LogP contribution in [0.3, 0.4) is 0 Å². The number of methoxy groups -OCH3 is 1. The van der Waals surface area contributed by atoms with Crippen LogP contribution in [0.1, 0.15) is 6.23 Å². The lowest BCUT2D eigenvalue weighted by molar-refractivity contribution is -0.0604. The maximum Gasteiger partial charge on any atom is 0.348 e. The Balaban J connectivity index is 2.38. The highest BCUT2D eigenvalue weighted by Crippen LogP contribution is 2.39. The molecular weight excluding hydrogens is 345 g/mol. The Morgan fingerprint density at radius 2 is 2.17 bits per heavy atom. The van der Waals surface area contributed by atoms with Crippen molar-refractivity contribution in [2.45, 2.75) is 24.5 Å². The van der Waals surface area contributed by atoms with E-state index in [4.69, 9.17) is 29.7 Å². The molecule has 2 unspecified atom stereocenters. The van der Waals surface area contributed by atoms with Crippen molar-refractivity contribution in [2.75, 3.05) is 13.8 Å². The quantitative estimate of drug-likeness (QED) is 0.345. The lowest BCUT2D eigenvalue weighted by Gasteiger charge is -2.22. The molecule has 0 spiro atoms. The fourth-order valence-corrected chi connectivity index (χ4v) is 2.81. The van der Waals surface area contributed by atoms with E-state index < -0.39 is 43.4 Å². The van der Waals surface area contributed by atoms with Crippen molar-refractivity contribution in [3.63, 3.8) is 0 Å². The zero-order valence-corrected chi connectivity index (χ0v) is 13.5. The van der Waals surface area contributed by atoms with Gasteiger partial charge in [-0.2, -0.15) is 0 Å². The van der Waals surface area contributed by atoms with Crippen LogP contribution in [0.4, 0.5) is 0 Å². The molecular formula is C12H18N3O8P. The third-order valence-electron chi connectivity index (χ3n) is 3.38. The minimum atomic E-state index is -4.40. The zero-order valence-electron chi connectivity index (χ0n) is 12.6. The number of nitrogens with one attached hydrogen (secondary N) is 1. The van der Waals surface area contributed by atoms with Crippen molar-refractivity contribution in [3.8, 4) is 0 Å². The molecule has 12 heteroatoms. The minimum Gasteiger partial charge on any atom is -0.374 e. The lowest BCUT2D eigenvalue weighted by Crippen LogP contribution is -2.40. The molecule has 1 fully saturated rings. The first-order valence-electron chi connectivity index (χ1n) is 6.83. The van der Waals surface area contributed by atoms with Gasteiger partial charge < -0.3 is 29.7 Å². The van der Waals surface area contributed by atoms with Crippen LogP contribution in [0.5, 0.6) is 0 Å². The van der Waals surface area contributed by atoms with Gasteiger partial charge in [0.2, 0.25) is 0 Å². The molecule has 0 saturated carbocycles. The van der Waals surface area contributed by atoms with Crippen molar-refractivity contribution in [3.05, 3.63) is 45.0 Å². The Morgan fingerprint density at radius 3 is 2.71 bits per heavy atom. The molecule has 4 atom stereocenters. The van der Waals surface area contributed by atoms with Gasteiger partial charge in [-0.25, -0.2) is 4.79 Å². The van der Waals surface area contributed by atoms with Crippen LogP contribution in [0.15, 0.2) is 33.7 Å². The summed E-state index contributed by atoms with van der Waals surface area (Å²) >= 11 is 0. The molecule has 5 N–H and O–H groups in total. The second-order valence-electron chi connectivity index (χ2n) is 4.94. The van der Waals surface area contributed by atoms with Gasteiger partial charge in [-0.1, -0.05) is 0 Å². The number of rotatable bonds is 6. The SMILES string of the molecule is COC1C(OCN)[C@@H](/C=C/P(=O)(O)O)O[C@H]1n1ccc(=O)[nH]c1=O. The molecule has 134 valence electrons. The van der Waals surface area contributed by atoms with Gasteiger partial charge in [-0.15, -0.1) is 0 Å². The monoisotopic (exact) mass is 363 g/mol. The Morgan fingerprint density at radius 1 is 1.46 bits per heavy atom. The second kappa shape index (κ2) is 7.53. The smallest absolute Gasteiger partial charge is 0.348 e. The largest absolute Gasteiger partial charge is 0.374 e. The van der Waals surface area contributed by atoms with Crippen LogP contribution >= 0.6 is 7.60 Å². The fraction of sp³-hybridized carbons (Fsp3) is 0.500. The summed E-state index contributed by atoms with van der Waals surface area (Å²) in [5, 5.41) is 0. The molecule has 1 aliphatic rings. The highest BCUT2D eigenvalue weighted by Gasteiger charge is 2.46. The molecule has 1 aliphatic heterocycles. The molecule has 0 amide bonds. The van der Waals surface area contributed by atoms with E-state index in [9.17, 15) is 14.2 Å². The molecule has 2 rings (SSSR count). The Hall–Kier alpha value is -1.59. The summed E-state index contributed by atoms with van der Waals surface area (Å²) in [4.78, 5) is 43.1. The van der Waals surface area contributed by atoms with Gasteiger partial charge in [0.25, 0.3) is 5.56 Å².